The summed E-state index contributed by atoms with van der Waals surface area (Å²) in [5, 5.41) is 12.2. The molecule has 0 bridgehead atoms. The highest BCUT2D eigenvalue weighted by Gasteiger charge is 2.45. The molecule has 27 heavy (non-hydrogen) atoms. The minimum Gasteiger partial charge on any atom is -0.497 e. The summed E-state index contributed by atoms with van der Waals surface area (Å²) in [4.78, 5) is 38.3. The number of nitrogens with one attached hydrogen (secondary N) is 1. The van der Waals surface area contributed by atoms with Gasteiger partial charge in [0.25, 0.3) is 0 Å². The summed E-state index contributed by atoms with van der Waals surface area (Å²) in [6.45, 7) is 0.184. The number of carbonyl (C=O) groups is 3. The lowest BCUT2D eigenvalue weighted by Gasteiger charge is -2.27. The third kappa shape index (κ3) is 3.56. The zero-order valence-corrected chi connectivity index (χ0v) is 15.5. The Morgan fingerprint density at radius 1 is 1.22 bits per heavy atom. The Morgan fingerprint density at radius 2 is 1.93 bits per heavy atom. The van der Waals surface area contributed by atoms with Crippen molar-refractivity contribution in [1.29, 1.82) is 0 Å². The number of carboxylic acids is 1. The number of rotatable bonds is 6. The first kappa shape index (κ1) is 19.0. The molecule has 146 valence electrons. The highest BCUT2D eigenvalue weighted by Crippen LogP contribution is 2.36. The molecule has 1 aliphatic carbocycles. The third-order valence-corrected chi connectivity index (χ3v) is 5.40. The first-order valence-corrected chi connectivity index (χ1v) is 8.98. The van der Waals surface area contributed by atoms with Gasteiger partial charge >= 0.3 is 5.97 Å². The molecule has 8 heteroatoms. The van der Waals surface area contributed by atoms with E-state index < -0.39 is 17.4 Å². The molecule has 1 aromatic carbocycles. The van der Waals surface area contributed by atoms with Gasteiger partial charge in [-0.1, -0.05) is 12.8 Å². The summed E-state index contributed by atoms with van der Waals surface area (Å²) in [6, 6.07) is 5.11. The van der Waals surface area contributed by atoms with Crippen molar-refractivity contribution < 1.29 is 29.0 Å². The van der Waals surface area contributed by atoms with Gasteiger partial charge in [-0.15, -0.1) is 0 Å². The van der Waals surface area contributed by atoms with Gasteiger partial charge in [0.2, 0.25) is 11.8 Å². The average Bonchev–Trinajstić information content (AvgIpc) is 3.28. The van der Waals surface area contributed by atoms with Crippen molar-refractivity contribution in [3.8, 4) is 11.5 Å². The van der Waals surface area contributed by atoms with E-state index in [1.165, 1.54) is 19.1 Å². The Kier molecular flexibility index (Phi) is 5.25. The Balaban J connectivity index is 1.75. The van der Waals surface area contributed by atoms with Crippen LogP contribution in [0.1, 0.15) is 32.1 Å². The topological polar surface area (TPSA) is 105 Å². The van der Waals surface area contributed by atoms with Gasteiger partial charge in [0, 0.05) is 19.0 Å². The van der Waals surface area contributed by atoms with Gasteiger partial charge in [-0.2, -0.15) is 0 Å². The number of hydrogen-bond donors (Lipinski definition) is 2. The van der Waals surface area contributed by atoms with E-state index >= 15 is 0 Å². The summed E-state index contributed by atoms with van der Waals surface area (Å²) in [5.74, 6) is -1.12. The van der Waals surface area contributed by atoms with Crippen LogP contribution >= 0.6 is 0 Å². The first-order valence-electron chi connectivity index (χ1n) is 8.98. The van der Waals surface area contributed by atoms with Crippen molar-refractivity contribution in [1.82, 2.24) is 5.32 Å². The number of hydrogen-bond acceptors (Lipinski definition) is 5. The van der Waals surface area contributed by atoms with Gasteiger partial charge in [0.05, 0.1) is 25.8 Å². The lowest BCUT2D eigenvalue weighted by Crippen LogP contribution is -2.54. The maximum atomic E-state index is 12.7. The van der Waals surface area contributed by atoms with Crippen LogP contribution in [0.4, 0.5) is 5.69 Å². The van der Waals surface area contributed by atoms with E-state index in [4.69, 9.17) is 9.47 Å². The minimum absolute atomic E-state index is 0.0384. The molecule has 1 aromatic rings. The van der Waals surface area contributed by atoms with E-state index in [2.05, 4.69) is 5.32 Å². The molecule has 3 rings (SSSR count). The molecule has 1 saturated heterocycles. The predicted octanol–water partition coefficient (Wildman–Crippen LogP) is 1.57. The van der Waals surface area contributed by atoms with Gasteiger partial charge < -0.3 is 24.8 Å². The standard InChI is InChI=1S/C19H24N2O6/c1-26-13-5-6-14(15(10-13)27-2)21-11-12(9-16(21)22)17(23)20-19(18(24)25)7-3-4-8-19/h5-6,10,12H,3-4,7-9,11H2,1-2H3,(H,20,23)(H,24,25). The molecule has 2 amide bonds. The van der Waals surface area contributed by atoms with Crippen LogP contribution in [-0.2, 0) is 14.4 Å². The smallest absolute Gasteiger partial charge is 0.329 e. The van der Waals surface area contributed by atoms with Gasteiger partial charge in [0.15, 0.2) is 0 Å². The quantitative estimate of drug-likeness (QED) is 0.781. The molecule has 2 N–H and O–H groups in total. The molecule has 1 saturated carbocycles. The molecule has 0 radical (unpaired) electrons. The Morgan fingerprint density at radius 3 is 2.52 bits per heavy atom. The summed E-state index contributed by atoms with van der Waals surface area (Å²) in [6.07, 6.45) is 2.42. The maximum absolute atomic E-state index is 12.7. The number of aliphatic carboxylic acids is 1. The van der Waals surface area contributed by atoms with E-state index in [9.17, 15) is 19.5 Å². The van der Waals surface area contributed by atoms with Gasteiger partial charge in [0.1, 0.15) is 17.0 Å². The molecular weight excluding hydrogens is 352 g/mol. The molecular formula is C19H24N2O6. The largest absolute Gasteiger partial charge is 0.497 e. The van der Waals surface area contributed by atoms with Crippen molar-refractivity contribution in [2.75, 3.05) is 25.7 Å². The van der Waals surface area contributed by atoms with E-state index in [0.717, 1.165) is 12.8 Å². The second-order valence-electron chi connectivity index (χ2n) is 7.03. The van der Waals surface area contributed by atoms with Crippen molar-refractivity contribution in [2.24, 2.45) is 5.92 Å². The van der Waals surface area contributed by atoms with Crippen LogP contribution in [0.3, 0.4) is 0 Å². The summed E-state index contributed by atoms with van der Waals surface area (Å²) in [5.41, 5.74) is -0.641. The lowest BCUT2D eigenvalue weighted by atomic mass is 9.96. The highest BCUT2D eigenvalue weighted by molar-refractivity contribution is 6.02. The lowest BCUT2D eigenvalue weighted by molar-refractivity contribution is -0.148. The van der Waals surface area contributed by atoms with Crippen LogP contribution in [-0.4, -0.2) is 49.2 Å². The Hall–Kier alpha value is -2.77. The van der Waals surface area contributed by atoms with Crippen LogP contribution in [0.5, 0.6) is 11.5 Å². The molecule has 0 aromatic heterocycles. The van der Waals surface area contributed by atoms with Crippen LogP contribution < -0.4 is 19.7 Å². The van der Waals surface area contributed by atoms with Crippen LogP contribution in [0.25, 0.3) is 0 Å². The number of carbonyl (C=O) groups excluding carboxylic acids is 2. The fourth-order valence-corrected chi connectivity index (χ4v) is 3.83. The van der Waals surface area contributed by atoms with Gasteiger partial charge in [-0.05, 0) is 25.0 Å². The van der Waals surface area contributed by atoms with Crippen molar-refractivity contribution in [3.63, 3.8) is 0 Å². The van der Waals surface area contributed by atoms with Crippen molar-refractivity contribution in [3.05, 3.63) is 18.2 Å². The SMILES string of the molecule is COc1ccc(N2CC(C(=O)NC3(C(=O)O)CCCC3)CC2=O)c(OC)c1. The number of anilines is 1. The molecule has 2 aliphatic rings. The molecule has 8 nitrogen and oxygen atoms in total. The highest BCUT2D eigenvalue weighted by atomic mass is 16.5. The van der Waals surface area contributed by atoms with E-state index in [1.54, 1.807) is 18.2 Å². The number of benzene rings is 1. The number of carboxylic acid groups (broad SMARTS) is 1. The number of ether oxygens (including phenoxy) is 2. The fourth-order valence-electron chi connectivity index (χ4n) is 3.83. The molecule has 1 heterocycles. The summed E-state index contributed by atoms with van der Waals surface area (Å²) < 4.78 is 10.5. The monoisotopic (exact) mass is 376 g/mol. The van der Waals surface area contributed by atoms with Crippen molar-refractivity contribution in [2.45, 2.75) is 37.6 Å². The predicted molar refractivity (Wildman–Crippen MR) is 97.0 cm³/mol. The van der Waals surface area contributed by atoms with Crippen molar-refractivity contribution >= 4 is 23.5 Å². The van der Waals surface area contributed by atoms with E-state index in [1.807, 2.05) is 0 Å². The number of methoxy groups -OCH3 is 2. The number of nitrogens with zero attached hydrogens (tertiary/aromatic N) is 1. The zero-order chi connectivity index (χ0) is 19.6. The van der Waals surface area contributed by atoms with E-state index in [-0.39, 0.29) is 24.8 Å². The molecule has 1 atom stereocenters. The minimum atomic E-state index is -1.20. The Labute approximate surface area is 157 Å². The summed E-state index contributed by atoms with van der Waals surface area (Å²) >= 11 is 0. The Bertz CT molecular complexity index is 757. The summed E-state index contributed by atoms with van der Waals surface area (Å²) in [7, 11) is 3.04. The molecule has 1 unspecified atom stereocenters. The van der Waals surface area contributed by atoms with Crippen LogP contribution in [0.15, 0.2) is 18.2 Å². The third-order valence-electron chi connectivity index (χ3n) is 5.40. The second-order valence-corrected chi connectivity index (χ2v) is 7.03. The fraction of sp³-hybridized carbons (Fsp3) is 0.526. The van der Waals surface area contributed by atoms with Gasteiger partial charge in [-0.25, -0.2) is 4.79 Å². The van der Waals surface area contributed by atoms with Crippen LogP contribution in [0, 0.1) is 5.92 Å². The molecule has 1 aliphatic heterocycles. The normalized spacial score (nSPS) is 21.2. The maximum Gasteiger partial charge on any atom is 0.329 e. The van der Waals surface area contributed by atoms with Crippen LogP contribution in [0.2, 0.25) is 0 Å². The zero-order valence-electron chi connectivity index (χ0n) is 15.5. The number of amides is 2. The average molecular weight is 376 g/mol. The van der Waals surface area contributed by atoms with Gasteiger partial charge in [-0.3, -0.25) is 9.59 Å². The van der Waals surface area contributed by atoms with E-state index in [0.29, 0.717) is 30.0 Å². The second kappa shape index (κ2) is 7.46. The molecule has 2 fully saturated rings. The molecule has 0 spiro atoms. The first-order chi connectivity index (χ1) is 12.9.